The fraction of sp³-hybridized carbons (Fsp3) is 0.263. The molecule has 2 rings (SSSR count). The number of benzene rings is 2. The van der Waals surface area contributed by atoms with Crippen molar-refractivity contribution < 1.29 is 8.42 Å². The van der Waals surface area contributed by atoms with Crippen molar-refractivity contribution in [2.24, 2.45) is 0 Å². The van der Waals surface area contributed by atoms with Crippen LogP contribution in [0.5, 0.6) is 0 Å². The topological polar surface area (TPSA) is 46.2 Å². The number of para-hydroxylation sites is 1. The second-order valence-electron chi connectivity index (χ2n) is 5.37. The van der Waals surface area contributed by atoms with Gasteiger partial charge in [-0.25, -0.2) is 8.42 Å². The number of aryl methyl sites for hydroxylation is 1. The van der Waals surface area contributed by atoms with Gasteiger partial charge in [-0.15, -0.1) is 0 Å². The van der Waals surface area contributed by atoms with E-state index in [-0.39, 0.29) is 4.90 Å². The SMILES string of the molecule is CCCCC#Cc1ccccc1NS(=O)(=O)c1ccc(C)cc1. The molecule has 2 aromatic carbocycles. The summed E-state index contributed by atoms with van der Waals surface area (Å²) in [6.45, 7) is 4.04. The highest BCUT2D eigenvalue weighted by Gasteiger charge is 2.15. The molecule has 0 aliphatic heterocycles. The van der Waals surface area contributed by atoms with E-state index in [0.717, 1.165) is 24.8 Å². The Bertz CT molecular complexity index is 812. The number of hydrogen-bond donors (Lipinski definition) is 1. The molecule has 0 aromatic heterocycles. The van der Waals surface area contributed by atoms with Crippen LogP contribution in [0.15, 0.2) is 53.4 Å². The second kappa shape index (κ2) is 7.85. The molecule has 0 saturated heterocycles. The van der Waals surface area contributed by atoms with E-state index in [2.05, 4.69) is 23.5 Å². The highest BCUT2D eigenvalue weighted by Crippen LogP contribution is 2.19. The zero-order valence-corrected chi connectivity index (χ0v) is 14.3. The van der Waals surface area contributed by atoms with E-state index in [4.69, 9.17) is 0 Å². The Morgan fingerprint density at radius 3 is 2.43 bits per heavy atom. The summed E-state index contributed by atoms with van der Waals surface area (Å²) in [5.41, 5.74) is 2.22. The summed E-state index contributed by atoms with van der Waals surface area (Å²) in [5, 5.41) is 0. The van der Waals surface area contributed by atoms with Gasteiger partial charge in [-0.05, 0) is 37.6 Å². The Morgan fingerprint density at radius 2 is 1.74 bits per heavy atom. The van der Waals surface area contributed by atoms with Crippen LogP contribution in [-0.4, -0.2) is 8.42 Å². The van der Waals surface area contributed by atoms with E-state index in [1.165, 1.54) is 0 Å². The zero-order valence-electron chi connectivity index (χ0n) is 13.5. The lowest BCUT2D eigenvalue weighted by Gasteiger charge is -2.10. The van der Waals surface area contributed by atoms with Crippen molar-refractivity contribution in [2.45, 2.75) is 38.0 Å². The lowest BCUT2D eigenvalue weighted by Crippen LogP contribution is -2.13. The fourth-order valence-electron chi connectivity index (χ4n) is 2.03. The van der Waals surface area contributed by atoms with Crippen LogP contribution in [0.1, 0.15) is 37.3 Å². The highest BCUT2D eigenvalue weighted by molar-refractivity contribution is 7.92. The van der Waals surface area contributed by atoms with E-state index >= 15 is 0 Å². The van der Waals surface area contributed by atoms with Crippen molar-refractivity contribution in [2.75, 3.05) is 4.72 Å². The Morgan fingerprint density at radius 1 is 1.04 bits per heavy atom. The maximum Gasteiger partial charge on any atom is 0.261 e. The molecule has 0 unspecified atom stereocenters. The maximum absolute atomic E-state index is 12.5. The molecule has 0 radical (unpaired) electrons. The highest BCUT2D eigenvalue weighted by atomic mass is 32.2. The van der Waals surface area contributed by atoms with E-state index in [0.29, 0.717) is 11.3 Å². The van der Waals surface area contributed by atoms with Crippen LogP contribution in [0.25, 0.3) is 0 Å². The predicted octanol–water partition coefficient (Wildman–Crippen LogP) is 4.34. The summed E-state index contributed by atoms with van der Waals surface area (Å²) in [6, 6.07) is 14.0. The molecule has 0 fully saturated rings. The van der Waals surface area contributed by atoms with Crippen LogP contribution < -0.4 is 4.72 Å². The number of rotatable bonds is 5. The van der Waals surface area contributed by atoms with Gasteiger partial charge >= 0.3 is 0 Å². The molecule has 2 aromatic rings. The first-order valence-electron chi connectivity index (χ1n) is 7.70. The zero-order chi connectivity index (χ0) is 16.7. The molecule has 0 aliphatic carbocycles. The molecule has 0 spiro atoms. The average Bonchev–Trinajstić information content (AvgIpc) is 2.53. The van der Waals surface area contributed by atoms with Gasteiger partial charge in [-0.1, -0.05) is 55.0 Å². The predicted molar refractivity (Wildman–Crippen MR) is 94.8 cm³/mol. The Balaban J connectivity index is 2.25. The molecule has 3 nitrogen and oxygen atoms in total. The minimum absolute atomic E-state index is 0.247. The van der Waals surface area contributed by atoms with Crippen LogP contribution in [0, 0.1) is 18.8 Å². The van der Waals surface area contributed by atoms with Crippen LogP contribution in [0.3, 0.4) is 0 Å². The Hall–Kier alpha value is -2.25. The van der Waals surface area contributed by atoms with Crippen molar-refractivity contribution in [3.05, 3.63) is 59.7 Å². The van der Waals surface area contributed by atoms with E-state index < -0.39 is 10.0 Å². The molecular weight excluding hydrogens is 306 g/mol. The third kappa shape index (κ3) is 4.87. The molecule has 0 heterocycles. The van der Waals surface area contributed by atoms with Crippen molar-refractivity contribution in [3.63, 3.8) is 0 Å². The van der Waals surface area contributed by atoms with Gasteiger partial charge in [0.25, 0.3) is 10.0 Å². The van der Waals surface area contributed by atoms with Gasteiger partial charge < -0.3 is 0 Å². The molecular formula is C19H21NO2S. The Kier molecular flexibility index (Phi) is 5.84. The summed E-state index contributed by atoms with van der Waals surface area (Å²) >= 11 is 0. The van der Waals surface area contributed by atoms with Crippen LogP contribution in [-0.2, 0) is 10.0 Å². The van der Waals surface area contributed by atoms with Gasteiger partial charge in [0.1, 0.15) is 0 Å². The lowest BCUT2D eigenvalue weighted by molar-refractivity contribution is 0.601. The first kappa shape index (κ1) is 17.1. The van der Waals surface area contributed by atoms with Gasteiger partial charge in [0.15, 0.2) is 0 Å². The molecule has 1 N–H and O–H groups in total. The second-order valence-corrected chi connectivity index (χ2v) is 7.05. The smallest absolute Gasteiger partial charge is 0.261 e. The Labute approximate surface area is 138 Å². The first-order valence-corrected chi connectivity index (χ1v) is 9.18. The summed E-state index contributed by atoms with van der Waals surface area (Å²) in [6.07, 6.45) is 2.95. The molecule has 0 aliphatic rings. The third-order valence-electron chi connectivity index (χ3n) is 3.38. The first-order chi connectivity index (χ1) is 11.0. The van der Waals surface area contributed by atoms with Crippen LogP contribution >= 0.6 is 0 Å². The maximum atomic E-state index is 12.5. The molecule has 4 heteroatoms. The normalized spacial score (nSPS) is 10.7. The van der Waals surface area contributed by atoms with Crippen LogP contribution in [0.4, 0.5) is 5.69 Å². The van der Waals surface area contributed by atoms with Crippen molar-refractivity contribution in [1.82, 2.24) is 0 Å². The van der Waals surface area contributed by atoms with Gasteiger partial charge in [0, 0.05) is 12.0 Å². The van der Waals surface area contributed by atoms with E-state index in [9.17, 15) is 8.42 Å². The molecule has 23 heavy (non-hydrogen) atoms. The summed E-state index contributed by atoms with van der Waals surface area (Å²) < 4.78 is 27.6. The van der Waals surface area contributed by atoms with E-state index in [1.54, 1.807) is 36.4 Å². The summed E-state index contributed by atoms with van der Waals surface area (Å²) in [4.78, 5) is 0.247. The molecule has 0 saturated carbocycles. The monoisotopic (exact) mass is 327 g/mol. The van der Waals surface area contributed by atoms with Crippen molar-refractivity contribution >= 4 is 15.7 Å². The van der Waals surface area contributed by atoms with Gasteiger partial charge in [-0.3, -0.25) is 4.72 Å². The molecule has 0 atom stereocenters. The van der Waals surface area contributed by atoms with Gasteiger partial charge in [0.05, 0.1) is 10.6 Å². The standard InChI is InChI=1S/C19H21NO2S/c1-3-4-5-6-9-17-10-7-8-11-19(17)20-23(21,22)18-14-12-16(2)13-15-18/h7-8,10-15,20H,3-5H2,1-2H3. The van der Waals surface area contributed by atoms with Gasteiger partial charge in [0.2, 0.25) is 0 Å². The summed E-state index contributed by atoms with van der Waals surface area (Å²) in [7, 11) is -3.61. The average molecular weight is 327 g/mol. The van der Waals surface area contributed by atoms with Gasteiger partial charge in [-0.2, -0.15) is 0 Å². The number of anilines is 1. The lowest BCUT2D eigenvalue weighted by atomic mass is 10.2. The molecule has 0 amide bonds. The molecule has 120 valence electrons. The minimum atomic E-state index is -3.61. The van der Waals surface area contributed by atoms with E-state index in [1.807, 2.05) is 19.1 Å². The third-order valence-corrected chi connectivity index (χ3v) is 4.76. The van der Waals surface area contributed by atoms with Crippen LogP contribution in [0.2, 0.25) is 0 Å². The van der Waals surface area contributed by atoms with Crippen molar-refractivity contribution in [3.8, 4) is 11.8 Å². The number of nitrogens with one attached hydrogen (secondary N) is 1. The number of hydrogen-bond acceptors (Lipinski definition) is 2. The minimum Gasteiger partial charge on any atom is -0.278 e. The van der Waals surface area contributed by atoms with Crippen molar-refractivity contribution in [1.29, 1.82) is 0 Å². The number of unbranched alkanes of at least 4 members (excludes halogenated alkanes) is 2. The summed E-state index contributed by atoms with van der Waals surface area (Å²) in [5.74, 6) is 6.15. The number of sulfonamides is 1. The quantitative estimate of drug-likeness (QED) is 0.656. The largest absolute Gasteiger partial charge is 0.278 e. The molecule has 0 bridgehead atoms. The fourth-order valence-corrected chi connectivity index (χ4v) is 3.10.